The van der Waals surface area contributed by atoms with Gasteiger partial charge in [-0.3, -0.25) is 14.4 Å². The first-order valence-electron chi connectivity index (χ1n) is 13.6. The molecule has 1 atom stereocenters. The summed E-state index contributed by atoms with van der Waals surface area (Å²) in [5.74, 6) is -0.830. The van der Waals surface area contributed by atoms with Crippen LogP contribution in [0.1, 0.15) is 41.6 Å². The van der Waals surface area contributed by atoms with Crippen molar-refractivity contribution >= 4 is 23.4 Å². The molecule has 0 bridgehead atoms. The van der Waals surface area contributed by atoms with Gasteiger partial charge >= 0.3 is 0 Å². The van der Waals surface area contributed by atoms with Gasteiger partial charge in [0, 0.05) is 50.3 Å². The zero-order chi connectivity index (χ0) is 28.7. The number of amides is 3. The van der Waals surface area contributed by atoms with Crippen LogP contribution in [0.4, 0.5) is 5.69 Å². The number of nitrogens with zero attached hydrogens (tertiary/aromatic N) is 2. The second-order valence-corrected chi connectivity index (χ2v) is 9.87. The Labute approximate surface area is 236 Å². The van der Waals surface area contributed by atoms with Crippen LogP contribution >= 0.6 is 0 Å². The maximum Gasteiger partial charge on any atom is 0.251 e. The third-order valence-corrected chi connectivity index (χ3v) is 6.46. The minimum Gasteiger partial charge on any atom is -0.494 e. The van der Waals surface area contributed by atoms with Crippen LogP contribution in [0.15, 0.2) is 79.1 Å². The molecule has 0 saturated heterocycles. The second-order valence-electron chi connectivity index (χ2n) is 9.87. The number of carbonyl (C=O) groups is 3. The molecule has 1 heterocycles. The van der Waals surface area contributed by atoms with Crippen molar-refractivity contribution in [1.82, 2.24) is 10.6 Å². The van der Waals surface area contributed by atoms with E-state index in [-0.39, 0.29) is 13.0 Å². The van der Waals surface area contributed by atoms with E-state index in [4.69, 9.17) is 10.5 Å². The fourth-order valence-corrected chi connectivity index (χ4v) is 4.12. The lowest BCUT2D eigenvalue weighted by molar-refractivity contribution is -0.697. The Morgan fingerprint density at radius 1 is 0.900 bits per heavy atom. The third kappa shape index (κ3) is 10.4. The van der Waals surface area contributed by atoms with E-state index in [9.17, 15) is 14.4 Å². The molecule has 0 fully saturated rings. The smallest absolute Gasteiger partial charge is 0.251 e. The molecule has 3 aromatic rings. The number of nitrogens with two attached hydrogens (primary N) is 1. The summed E-state index contributed by atoms with van der Waals surface area (Å²) < 4.78 is 8.01. The number of benzene rings is 2. The predicted octanol–water partition coefficient (Wildman–Crippen LogP) is 2.62. The lowest BCUT2D eigenvalue weighted by atomic mass is 10.1. The molecule has 1 aromatic heterocycles. The highest BCUT2D eigenvalue weighted by Gasteiger charge is 2.19. The van der Waals surface area contributed by atoms with Gasteiger partial charge in [-0.1, -0.05) is 30.3 Å². The van der Waals surface area contributed by atoms with Crippen molar-refractivity contribution in [2.45, 2.75) is 44.7 Å². The van der Waals surface area contributed by atoms with Gasteiger partial charge in [-0.05, 0) is 49.1 Å². The Bertz CT molecular complexity index is 1210. The summed E-state index contributed by atoms with van der Waals surface area (Å²) in [4.78, 5) is 38.6. The minimum atomic E-state index is -0.859. The van der Waals surface area contributed by atoms with E-state index in [1.165, 1.54) is 5.69 Å². The van der Waals surface area contributed by atoms with Crippen LogP contribution < -0.4 is 30.6 Å². The first-order valence-corrected chi connectivity index (χ1v) is 13.6. The number of primary amides is 1. The molecule has 0 aliphatic carbocycles. The average molecular weight is 547 g/mol. The second kappa shape index (κ2) is 15.9. The highest BCUT2D eigenvalue weighted by atomic mass is 16.5. The molecule has 2 aromatic carbocycles. The number of pyridine rings is 1. The van der Waals surface area contributed by atoms with Crippen molar-refractivity contribution in [3.8, 4) is 5.75 Å². The monoisotopic (exact) mass is 546 g/mol. The maximum atomic E-state index is 12.5. The zero-order valence-electron chi connectivity index (χ0n) is 23.3. The van der Waals surface area contributed by atoms with Crippen LogP contribution in [0.3, 0.4) is 0 Å². The molecule has 40 heavy (non-hydrogen) atoms. The van der Waals surface area contributed by atoms with Crippen molar-refractivity contribution < 1.29 is 23.7 Å². The number of nitrogens with one attached hydrogen (secondary N) is 2. The predicted molar refractivity (Wildman–Crippen MR) is 155 cm³/mol. The molecule has 0 spiro atoms. The molecule has 1 unspecified atom stereocenters. The number of anilines is 1. The number of aromatic nitrogens is 1. The molecule has 3 rings (SSSR count). The lowest BCUT2D eigenvalue weighted by Crippen LogP contribution is -2.49. The normalized spacial score (nSPS) is 11.3. The Morgan fingerprint density at radius 2 is 1.57 bits per heavy atom. The zero-order valence-corrected chi connectivity index (χ0v) is 23.3. The van der Waals surface area contributed by atoms with Crippen LogP contribution in [0, 0.1) is 0 Å². The van der Waals surface area contributed by atoms with Crippen molar-refractivity contribution in [1.29, 1.82) is 0 Å². The van der Waals surface area contributed by atoms with E-state index >= 15 is 0 Å². The highest BCUT2D eigenvalue weighted by Crippen LogP contribution is 2.13. The van der Waals surface area contributed by atoms with Crippen molar-refractivity contribution in [3.05, 3.63) is 90.3 Å². The maximum absolute atomic E-state index is 12.5. The summed E-state index contributed by atoms with van der Waals surface area (Å²) in [6.07, 6.45) is 8.79. The Morgan fingerprint density at radius 3 is 2.23 bits per heavy atom. The SMILES string of the molecule is CN(C)c1cc[n+](CCCCCCOc2ccc(C(=O)NCC(=O)NC(Cc3ccccc3)C(N)=O)cc2)cc1. The van der Waals surface area contributed by atoms with Crippen LogP contribution in [-0.4, -0.2) is 51.0 Å². The van der Waals surface area contributed by atoms with Crippen molar-refractivity contribution in [2.75, 3.05) is 32.1 Å². The average Bonchev–Trinajstić information content (AvgIpc) is 2.96. The van der Waals surface area contributed by atoms with Gasteiger partial charge in [0.2, 0.25) is 11.8 Å². The largest absolute Gasteiger partial charge is 0.494 e. The van der Waals surface area contributed by atoms with Crippen LogP contribution in [0.25, 0.3) is 0 Å². The summed E-state index contributed by atoms with van der Waals surface area (Å²) in [7, 11) is 4.07. The quantitative estimate of drug-likeness (QED) is 0.189. The van der Waals surface area contributed by atoms with E-state index in [1.54, 1.807) is 24.3 Å². The number of rotatable bonds is 16. The Hall–Kier alpha value is -4.40. The van der Waals surface area contributed by atoms with Gasteiger partial charge in [0.05, 0.1) is 13.2 Å². The molecular weight excluding hydrogens is 506 g/mol. The molecule has 9 nitrogen and oxygen atoms in total. The summed E-state index contributed by atoms with van der Waals surface area (Å²) >= 11 is 0. The highest BCUT2D eigenvalue weighted by molar-refractivity contribution is 5.97. The molecule has 0 saturated carbocycles. The molecule has 3 amide bonds. The number of hydrogen-bond acceptors (Lipinski definition) is 5. The van der Waals surface area contributed by atoms with Crippen LogP contribution in [-0.2, 0) is 22.6 Å². The van der Waals surface area contributed by atoms with Crippen molar-refractivity contribution in [2.24, 2.45) is 5.73 Å². The minimum absolute atomic E-state index is 0.268. The number of ether oxygens (including phenoxy) is 1. The summed E-state index contributed by atoms with van der Waals surface area (Å²) in [5.41, 5.74) is 7.91. The number of aryl methyl sites for hydroxylation is 1. The lowest BCUT2D eigenvalue weighted by Gasteiger charge is -2.16. The molecule has 212 valence electrons. The van der Waals surface area contributed by atoms with Gasteiger partial charge in [0.1, 0.15) is 18.3 Å². The molecular formula is C31H40N5O4+. The van der Waals surface area contributed by atoms with Gasteiger partial charge in [-0.2, -0.15) is 0 Å². The van der Waals surface area contributed by atoms with Crippen LogP contribution in [0.2, 0.25) is 0 Å². The van der Waals surface area contributed by atoms with Gasteiger partial charge in [-0.15, -0.1) is 0 Å². The Kier molecular flexibility index (Phi) is 12.0. The first-order chi connectivity index (χ1) is 19.3. The van der Waals surface area contributed by atoms with E-state index in [0.717, 1.165) is 37.8 Å². The van der Waals surface area contributed by atoms with E-state index in [1.807, 2.05) is 44.4 Å². The molecule has 4 N–H and O–H groups in total. The number of carbonyl (C=O) groups excluding carboxylic acids is 3. The number of hydrogen-bond donors (Lipinski definition) is 3. The molecule has 0 aliphatic rings. The topological polar surface area (TPSA) is 118 Å². The van der Waals surface area contributed by atoms with Gasteiger partial charge in [0.25, 0.3) is 5.91 Å². The van der Waals surface area contributed by atoms with Crippen molar-refractivity contribution in [3.63, 3.8) is 0 Å². The standard InChI is InChI=1S/C31H39N5O4/c1-35(2)26-16-19-36(20-17-26)18-8-3-4-9-21-40-27-14-12-25(13-15-27)31(39)33-23-29(37)34-28(30(32)38)22-24-10-6-5-7-11-24/h5-7,10-17,19-20,28H,3-4,8-9,18,21-23H2,1-2H3,(H3-,32,33,34,37,38,39)/p+1. The summed E-state index contributed by atoms with van der Waals surface area (Å²) in [5, 5.41) is 5.15. The molecule has 0 aliphatic heterocycles. The fourth-order valence-electron chi connectivity index (χ4n) is 4.12. The summed E-state index contributed by atoms with van der Waals surface area (Å²) in [6.45, 7) is 1.34. The Balaban J connectivity index is 1.30. The van der Waals surface area contributed by atoms with Gasteiger partial charge in [0.15, 0.2) is 12.4 Å². The van der Waals surface area contributed by atoms with E-state index < -0.39 is 23.8 Å². The third-order valence-electron chi connectivity index (χ3n) is 6.46. The molecule has 0 radical (unpaired) electrons. The van der Waals surface area contributed by atoms with E-state index in [2.05, 4.69) is 44.6 Å². The van der Waals surface area contributed by atoms with Gasteiger partial charge < -0.3 is 26.0 Å². The van der Waals surface area contributed by atoms with Crippen LogP contribution in [0.5, 0.6) is 5.75 Å². The molecule has 9 heteroatoms. The van der Waals surface area contributed by atoms with Gasteiger partial charge in [-0.25, -0.2) is 4.57 Å². The fraction of sp³-hybridized carbons (Fsp3) is 0.355. The van der Waals surface area contributed by atoms with E-state index in [0.29, 0.717) is 17.9 Å². The number of unbranched alkanes of at least 4 members (excludes halogenated alkanes) is 3. The summed E-state index contributed by atoms with van der Waals surface area (Å²) in [6, 6.07) is 19.4. The first kappa shape index (κ1) is 30.1.